The molecule has 0 radical (unpaired) electrons. The van der Waals surface area contributed by atoms with Gasteiger partial charge in [0.15, 0.2) is 0 Å². The second-order valence-corrected chi connectivity index (χ2v) is 5.27. The molecule has 1 saturated heterocycles. The molecular weight excluding hydrogens is 299 g/mol. The van der Waals surface area contributed by atoms with E-state index in [1.54, 1.807) is 23.9 Å². The minimum Gasteiger partial charge on any atom is -0.339 e. The first kappa shape index (κ1) is 17.0. The molecule has 20 heavy (non-hydrogen) atoms. The number of piperidine rings is 1. The first-order chi connectivity index (χ1) is 8.99. The van der Waals surface area contributed by atoms with Crippen LogP contribution in [0.4, 0.5) is 0 Å². The molecule has 7 heteroatoms. The van der Waals surface area contributed by atoms with E-state index in [0.717, 1.165) is 37.2 Å². The molecule has 2 rings (SSSR count). The molecule has 1 aliphatic rings. The van der Waals surface area contributed by atoms with Crippen molar-refractivity contribution in [3.63, 3.8) is 0 Å². The monoisotopic (exact) mass is 318 g/mol. The van der Waals surface area contributed by atoms with E-state index in [2.05, 4.69) is 5.10 Å². The molecule has 1 aromatic rings. The minimum atomic E-state index is 0. The van der Waals surface area contributed by atoms with E-state index in [-0.39, 0.29) is 24.4 Å². The molecule has 0 saturated carbocycles. The van der Waals surface area contributed by atoms with Crippen molar-refractivity contribution in [1.29, 1.82) is 0 Å². The number of aryl methyl sites for hydroxylation is 2. The van der Waals surface area contributed by atoms with Crippen LogP contribution >= 0.6 is 24.0 Å². The van der Waals surface area contributed by atoms with Crippen molar-refractivity contribution in [1.82, 2.24) is 14.7 Å². The van der Waals surface area contributed by atoms with Gasteiger partial charge in [-0.3, -0.25) is 9.48 Å². The number of halogens is 2. The van der Waals surface area contributed by atoms with E-state index >= 15 is 0 Å². The van der Waals surface area contributed by atoms with Gasteiger partial charge in [0.2, 0.25) is 5.91 Å². The van der Waals surface area contributed by atoms with Crippen LogP contribution in [0.3, 0.4) is 0 Å². The van der Waals surface area contributed by atoms with Gasteiger partial charge in [0.25, 0.3) is 0 Å². The van der Waals surface area contributed by atoms with E-state index in [1.165, 1.54) is 0 Å². The zero-order valence-electron chi connectivity index (χ0n) is 11.7. The van der Waals surface area contributed by atoms with Crippen LogP contribution in [-0.4, -0.2) is 39.7 Å². The molecule has 1 amide bonds. The highest BCUT2D eigenvalue weighted by atomic mass is 35.5. The lowest BCUT2D eigenvalue weighted by Crippen LogP contribution is -2.42. The van der Waals surface area contributed by atoms with Crippen LogP contribution in [-0.2, 0) is 11.8 Å². The molecule has 0 unspecified atom stereocenters. The van der Waals surface area contributed by atoms with Gasteiger partial charge >= 0.3 is 0 Å². The number of carbonyl (C=O) groups is 1. The average Bonchev–Trinajstić information content (AvgIpc) is 2.62. The van der Waals surface area contributed by atoms with Gasteiger partial charge in [0, 0.05) is 37.8 Å². The Morgan fingerprint density at radius 3 is 2.55 bits per heavy atom. The average molecular weight is 319 g/mol. The van der Waals surface area contributed by atoms with Gasteiger partial charge in [-0.05, 0) is 25.8 Å². The standard InChI is InChI=1S/C13H19ClN4O.ClH/c1-9-11(13(14)17(2)16-9)3-4-12(19)18-7-5-10(15)6-8-18;/h3-4,10H,5-8,15H2,1-2H3;1H/b4-3+;. The van der Waals surface area contributed by atoms with Crippen LogP contribution in [0.5, 0.6) is 0 Å². The molecule has 1 fully saturated rings. The summed E-state index contributed by atoms with van der Waals surface area (Å²) >= 11 is 6.11. The van der Waals surface area contributed by atoms with Crippen LogP contribution in [0.2, 0.25) is 5.15 Å². The minimum absolute atomic E-state index is 0. The Morgan fingerprint density at radius 1 is 1.45 bits per heavy atom. The van der Waals surface area contributed by atoms with Crippen molar-refractivity contribution in [2.24, 2.45) is 12.8 Å². The first-order valence-electron chi connectivity index (χ1n) is 6.40. The normalized spacial score (nSPS) is 16.5. The zero-order valence-corrected chi connectivity index (χ0v) is 13.2. The van der Waals surface area contributed by atoms with Crippen molar-refractivity contribution in [3.05, 3.63) is 22.5 Å². The van der Waals surface area contributed by atoms with E-state index in [0.29, 0.717) is 5.15 Å². The number of rotatable bonds is 2. The summed E-state index contributed by atoms with van der Waals surface area (Å²) in [4.78, 5) is 13.9. The first-order valence-corrected chi connectivity index (χ1v) is 6.78. The number of nitrogens with zero attached hydrogens (tertiary/aromatic N) is 3. The van der Waals surface area contributed by atoms with Crippen molar-refractivity contribution in [2.75, 3.05) is 13.1 Å². The number of nitrogens with two attached hydrogens (primary N) is 1. The summed E-state index contributed by atoms with van der Waals surface area (Å²) in [5, 5.41) is 4.75. The summed E-state index contributed by atoms with van der Waals surface area (Å²) in [5.41, 5.74) is 7.43. The molecule has 0 aliphatic carbocycles. The fraction of sp³-hybridized carbons (Fsp3) is 0.538. The van der Waals surface area contributed by atoms with Crippen molar-refractivity contribution < 1.29 is 4.79 Å². The third kappa shape index (κ3) is 3.75. The van der Waals surface area contributed by atoms with Gasteiger partial charge in [-0.2, -0.15) is 5.10 Å². The number of amides is 1. The molecule has 0 bridgehead atoms. The van der Waals surface area contributed by atoms with Crippen molar-refractivity contribution in [3.8, 4) is 0 Å². The number of likely N-dealkylation sites (tertiary alicyclic amines) is 1. The van der Waals surface area contributed by atoms with Gasteiger partial charge in [-0.15, -0.1) is 12.4 Å². The molecule has 1 aromatic heterocycles. The molecule has 2 heterocycles. The molecule has 5 nitrogen and oxygen atoms in total. The number of hydrogen-bond donors (Lipinski definition) is 1. The van der Waals surface area contributed by atoms with E-state index < -0.39 is 0 Å². The Labute approximate surface area is 130 Å². The predicted molar refractivity (Wildman–Crippen MR) is 83.0 cm³/mol. The van der Waals surface area contributed by atoms with E-state index in [4.69, 9.17) is 17.3 Å². The number of hydrogen-bond acceptors (Lipinski definition) is 3. The second kappa shape index (κ2) is 7.11. The van der Waals surface area contributed by atoms with E-state index in [9.17, 15) is 4.79 Å². The maximum absolute atomic E-state index is 12.0. The van der Waals surface area contributed by atoms with Crippen LogP contribution < -0.4 is 5.73 Å². The summed E-state index contributed by atoms with van der Waals surface area (Å²) in [7, 11) is 1.78. The highest BCUT2D eigenvalue weighted by Crippen LogP contribution is 2.20. The van der Waals surface area contributed by atoms with Gasteiger partial charge < -0.3 is 10.6 Å². The maximum Gasteiger partial charge on any atom is 0.246 e. The summed E-state index contributed by atoms with van der Waals surface area (Å²) in [6.45, 7) is 3.32. The number of aromatic nitrogens is 2. The smallest absolute Gasteiger partial charge is 0.246 e. The van der Waals surface area contributed by atoms with Gasteiger partial charge in [-0.25, -0.2) is 0 Å². The Kier molecular flexibility index (Phi) is 6.05. The Bertz CT molecular complexity index is 505. The summed E-state index contributed by atoms with van der Waals surface area (Å²) in [6, 6.07) is 0.225. The Hall–Kier alpha value is -1.04. The van der Waals surface area contributed by atoms with Gasteiger partial charge in [0.1, 0.15) is 5.15 Å². The van der Waals surface area contributed by atoms with Crippen LogP contribution in [0, 0.1) is 6.92 Å². The fourth-order valence-corrected chi connectivity index (χ4v) is 2.45. The predicted octanol–water partition coefficient (Wildman–Crippen LogP) is 1.77. The number of carbonyl (C=O) groups excluding carboxylic acids is 1. The highest BCUT2D eigenvalue weighted by Gasteiger charge is 2.19. The van der Waals surface area contributed by atoms with Crippen LogP contribution in [0.15, 0.2) is 6.08 Å². The lowest BCUT2D eigenvalue weighted by Gasteiger charge is -2.29. The Morgan fingerprint density at radius 2 is 2.05 bits per heavy atom. The van der Waals surface area contributed by atoms with E-state index in [1.807, 2.05) is 11.8 Å². The molecule has 0 spiro atoms. The highest BCUT2D eigenvalue weighted by molar-refractivity contribution is 6.31. The topological polar surface area (TPSA) is 64.2 Å². The molecule has 2 N–H and O–H groups in total. The summed E-state index contributed by atoms with van der Waals surface area (Å²) in [5.74, 6) is 0.00576. The quantitative estimate of drug-likeness (QED) is 0.845. The van der Waals surface area contributed by atoms with Crippen LogP contribution in [0.1, 0.15) is 24.1 Å². The lowest BCUT2D eigenvalue weighted by atomic mass is 10.1. The zero-order chi connectivity index (χ0) is 14.0. The SMILES string of the molecule is Cc1nn(C)c(Cl)c1/C=C/C(=O)N1CCC(N)CC1.Cl. The lowest BCUT2D eigenvalue weighted by molar-refractivity contribution is -0.126. The van der Waals surface area contributed by atoms with Crippen molar-refractivity contribution in [2.45, 2.75) is 25.8 Å². The maximum atomic E-state index is 12.0. The Balaban J connectivity index is 0.00000200. The molecular formula is C13H20Cl2N4O. The van der Waals surface area contributed by atoms with Gasteiger partial charge in [0.05, 0.1) is 5.69 Å². The van der Waals surface area contributed by atoms with Gasteiger partial charge in [-0.1, -0.05) is 11.6 Å². The second-order valence-electron chi connectivity index (χ2n) is 4.91. The largest absolute Gasteiger partial charge is 0.339 e. The fourth-order valence-electron chi connectivity index (χ4n) is 2.22. The third-order valence-electron chi connectivity index (χ3n) is 3.44. The molecule has 0 aromatic carbocycles. The van der Waals surface area contributed by atoms with Crippen molar-refractivity contribution >= 4 is 36.0 Å². The van der Waals surface area contributed by atoms with Crippen LogP contribution in [0.25, 0.3) is 6.08 Å². The summed E-state index contributed by atoms with van der Waals surface area (Å²) < 4.78 is 1.60. The molecule has 1 aliphatic heterocycles. The summed E-state index contributed by atoms with van der Waals surface area (Å²) in [6.07, 6.45) is 5.03. The third-order valence-corrected chi connectivity index (χ3v) is 3.89. The molecule has 112 valence electrons. The molecule has 0 atom stereocenters.